The Hall–Kier alpha value is -2.29. The van der Waals surface area contributed by atoms with Crippen LogP contribution in [0.4, 0.5) is 0 Å². The first-order valence-electron chi connectivity index (χ1n) is 11.7. The van der Waals surface area contributed by atoms with Crippen molar-refractivity contribution in [2.24, 2.45) is 4.99 Å². The maximum absolute atomic E-state index is 13.1. The van der Waals surface area contributed by atoms with Gasteiger partial charge in [-0.1, -0.05) is 37.7 Å². The summed E-state index contributed by atoms with van der Waals surface area (Å²) in [4.78, 5) is 18.3. The van der Waals surface area contributed by atoms with E-state index in [0.29, 0.717) is 16.9 Å². The summed E-state index contributed by atoms with van der Waals surface area (Å²) in [6, 6.07) is 12.6. The first-order chi connectivity index (χ1) is 15.8. The molecule has 1 aliphatic heterocycles. The maximum Gasteiger partial charge on any atom is 0.279 e. The number of amides is 1. The minimum atomic E-state index is -3.56. The molecular weight excluding hydrogens is 454 g/mol. The second kappa shape index (κ2) is 9.91. The molecule has 2 heterocycles. The fourth-order valence-corrected chi connectivity index (χ4v) is 7.17. The SMILES string of the molecule is CCCn1c(=NC(=O)c2ccc(S(=O)(=O)N3CCCCC3C)cc2)sc2cc(CC)ccc21. The molecule has 8 heteroatoms. The van der Waals surface area contributed by atoms with Gasteiger partial charge in [-0.25, -0.2) is 8.42 Å². The van der Waals surface area contributed by atoms with Crippen LogP contribution in [0.1, 0.15) is 62.4 Å². The average molecular weight is 486 g/mol. The zero-order chi connectivity index (χ0) is 23.6. The number of hydrogen-bond donors (Lipinski definition) is 0. The van der Waals surface area contributed by atoms with Crippen LogP contribution in [0.5, 0.6) is 0 Å². The first kappa shape index (κ1) is 23.9. The van der Waals surface area contributed by atoms with Crippen LogP contribution in [0.25, 0.3) is 10.2 Å². The Labute approximate surface area is 199 Å². The van der Waals surface area contributed by atoms with Crippen LogP contribution >= 0.6 is 11.3 Å². The molecule has 176 valence electrons. The molecule has 1 aliphatic rings. The van der Waals surface area contributed by atoms with Gasteiger partial charge in [0.05, 0.1) is 15.1 Å². The number of nitrogens with zero attached hydrogens (tertiary/aromatic N) is 3. The minimum Gasteiger partial charge on any atom is -0.316 e. The predicted molar refractivity (Wildman–Crippen MR) is 133 cm³/mol. The molecule has 0 bridgehead atoms. The fraction of sp³-hybridized carbons (Fsp3) is 0.440. The van der Waals surface area contributed by atoms with Crippen LogP contribution in [-0.4, -0.2) is 35.8 Å². The Bertz CT molecular complexity index is 1320. The third kappa shape index (κ3) is 4.83. The fourth-order valence-electron chi connectivity index (χ4n) is 4.35. The molecule has 0 N–H and O–H groups in total. The molecule has 4 rings (SSSR count). The van der Waals surface area contributed by atoms with Crippen LogP contribution in [0, 0.1) is 0 Å². The zero-order valence-electron chi connectivity index (χ0n) is 19.5. The quantitative estimate of drug-likeness (QED) is 0.494. The normalized spacial score (nSPS) is 18.2. The van der Waals surface area contributed by atoms with Crippen molar-refractivity contribution in [2.45, 2.75) is 70.4 Å². The smallest absolute Gasteiger partial charge is 0.279 e. The van der Waals surface area contributed by atoms with Crippen molar-refractivity contribution < 1.29 is 13.2 Å². The van der Waals surface area contributed by atoms with E-state index in [-0.39, 0.29) is 16.8 Å². The standard InChI is InChI=1S/C25H31N3O3S2/c1-4-15-27-22-14-9-19(5-2)17-23(22)32-25(27)26-24(29)20-10-12-21(13-11-20)33(30,31)28-16-7-6-8-18(28)3/h9-14,17-18H,4-8,15-16H2,1-3H3. The minimum absolute atomic E-state index is 0.00439. The third-order valence-electron chi connectivity index (χ3n) is 6.25. The number of aromatic nitrogens is 1. The van der Waals surface area contributed by atoms with Crippen LogP contribution in [0.3, 0.4) is 0 Å². The van der Waals surface area contributed by atoms with Crippen molar-refractivity contribution in [3.8, 4) is 0 Å². The van der Waals surface area contributed by atoms with Gasteiger partial charge in [0.25, 0.3) is 5.91 Å². The van der Waals surface area contributed by atoms with Crippen molar-refractivity contribution in [3.63, 3.8) is 0 Å². The van der Waals surface area contributed by atoms with Gasteiger partial charge in [0.15, 0.2) is 4.80 Å². The van der Waals surface area contributed by atoms with E-state index in [1.54, 1.807) is 16.4 Å². The van der Waals surface area contributed by atoms with Gasteiger partial charge in [0.1, 0.15) is 0 Å². The number of hydrogen-bond acceptors (Lipinski definition) is 4. The van der Waals surface area contributed by atoms with Crippen molar-refractivity contribution >= 4 is 37.5 Å². The van der Waals surface area contributed by atoms with E-state index in [2.05, 4.69) is 41.6 Å². The van der Waals surface area contributed by atoms with E-state index < -0.39 is 10.0 Å². The van der Waals surface area contributed by atoms with Crippen LogP contribution < -0.4 is 4.80 Å². The van der Waals surface area contributed by atoms with Gasteiger partial charge in [-0.05, 0) is 74.6 Å². The molecule has 1 aromatic heterocycles. The number of piperidine rings is 1. The number of fused-ring (bicyclic) bond motifs is 1. The second-order valence-corrected chi connectivity index (χ2v) is 11.5. The Morgan fingerprint density at radius 3 is 2.55 bits per heavy atom. The summed E-state index contributed by atoms with van der Waals surface area (Å²) in [7, 11) is -3.56. The lowest BCUT2D eigenvalue weighted by Crippen LogP contribution is -2.41. The number of thiazole rings is 1. The molecule has 2 aromatic carbocycles. The molecule has 1 fully saturated rings. The highest BCUT2D eigenvalue weighted by Gasteiger charge is 2.30. The third-order valence-corrected chi connectivity index (χ3v) is 9.32. The Morgan fingerprint density at radius 2 is 1.88 bits per heavy atom. The van der Waals surface area contributed by atoms with Gasteiger partial charge >= 0.3 is 0 Å². The number of carbonyl (C=O) groups excluding carboxylic acids is 1. The van der Waals surface area contributed by atoms with E-state index in [1.807, 2.05) is 6.92 Å². The lowest BCUT2D eigenvalue weighted by Gasteiger charge is -2.32. The molecule has 0 saturated carbocycles. The Morgan fingerprint density at radius 1 is 1.12 bits per heavy atom. The van der Waals surface area contributed by atoms with Crippen molar-refractivity contribution in [1.82, 2.24) is 8.87 Å². The summed E-state index contributed by atoms with van der Waals surface area (Å²) < 4.78 is 30.9. The summed E-state index contributed by atoms with van der Waals surface area (Å²) in [5, 5.41) is 0. The average Bonchev–Trinajstić information content (AvgIpc) is 3.15. The number of rotatable bonds is 6. The first-order valence-corrected chi connectivity index (χ1v) is 13.9. The van der Waals surface area contributed by atoms with Crippen LogP contribution in [0.2, 0.25) is 0 Å². The Balaban J connectivity index is 1.65. The molecule has 0 aliphatic carbocycles. The van der Waals surface area contributed by atoms with E-state index in [0.717, 1.165) is 48.9 Å². The van der Waals surface area contributed by atoms with Gasteiger partial charge in [-0.3, -0.25) is 4.79 Å². The molecule has 1 unspecified atom stereocenters. The molecule has 0 spiro atoms. The molecule has 6 nitrogen and oxygen atoms in total. The molecule has 0 radical (unpaired) electrons. The molecule has 1 amide bonds. The van der Waals surface area contributed by atoms with E-state index in [9.17, 15) is 13.2 Å². The van der Waals surface area contributed by atoms with E-state index in [4.69, 9.17) is 0 Å². The summed E-state index contributed by atoms with van der Waals surface area (Å²) in [5.41, 5.74) is 2.73. The summed E-state index contributed by atoms with van der Waals surface area (Å²) in [6.07, 6.45) is 4.70. The summed E-state index contributed by atoms with van der Waals surface area (Å²) >= 11 is 1.52. The second-order valence-electron chi connectivity index (χ2n) is 8.59. The summed E-state index contributed by atoms with van der Waals surface area (Å²) in [6.45, 7) is 7.50. The Kier molecular flexibility index (Phi) is 7.16. The van der Waals surface area contributed by atoms with Crippen LogP contribution in [-0.2, 0) is 23.0 Å². The van der Waals surface area contributed by atoms with Crippen LogP contribution in [0.15, 0.2) is 52.4 Å². The van der Waals surface area contributed by atoms with Crippen molar-refractivity contribution in [3.05, 3.63) is 58.4 Å². The highest BCUT2D eigenvalue weighted by molar-refractivity contribution is 7.89. The largest absolute Gasteiger partial charge is 0.316 e. The molecular formula is C25H31N3O3S2. The topological polar surface area (TPSA) is 71.7 Å². The van der Waals surface area contributed by atoms with E-state index in [1.165, 1.54) is 29.0 Å². The number of aryl methyl sites for hydroxylation is 2. The number of carbonyl (C=O) groups is 1. The molecule has 1 saturated heterocycles. The number of benzene rings is 2. The molecule has 1 atom stereocenters. The van der Waals surface area contributed by atoms with Gasteiger partial charge in [0.2, 0.25) is 10.0 Å². The molecule has 33 heavy (non-hydrogen) atoms. The highest BCUT2D eigenvalue weighted by Crippen LogP contribution is 2.25. The van der Waals surface area contributed by atoms with E-state index >= 15 is 0 Å². The lowest BCUT2D eigenvalue weighted by atomic mass is 10.1. The van der Waals surface area contributed by atoms with Crippen molar-refractivity contribution in [2.75, 3.05) is 6.54 Å². The van der Waals surface area contributed by atoms with Gasteiger partial charge in [-0.2, -0.15) is 9.30 Å². The highest BCUT2D eigenvalue weighted by atomic mass is 32.2. The van der Waals surface area contributed by atoms with Gasteiger partial charge in [-0.15, -0.1) is 0 Å². The van der Waals surface area contributed by atoms with Gasteiger partial charge < -0.3 is 4.57 Å². The zero-order valence-corrected chi connectivity index (χ0v) is 21.1. The number of sulfonamides is 1. The maximum atomic E-state index is 13.1. The lowest BCUT2D eigenvalue weighted by molar-refractivity contribution is 0.0997. The molecule has 3 aromatic rings. The monoisotopic (exact) mass is 485 g/mol. The van der Waals surface area contributed by atoms with Gasteiger partial charge in [0, 0.05) is 24.7 Å². The predicted octanol–water partition coefficient (Wildman–Crippen LogP) is 4.98. The summed E-state index contributed by atoms with van der Waals surface area (Å²) in [5.74, 6) is -0.364. The van der Waals surface area contributed by atoms with Crippen molar-refractivity contribution in [1.29, 1.82) is 0 Å².